The first kappa shape index (κ1) is 14.0. The maximum Gasteiger partial charge on any atom is 0.257 e. The second-order valence-electron chi connectivity index (χ2n) is 4.81. The molecular formula is C16H12Cl2N2O. The smallest absolute Gasteiger partial charge is 0.257 e. The summed E-state index contributed by atoms with van der Waals surface area (Å²) in [6.07, 6.45) is 1.67. The third-order valence-corrected chi connectivity index (χ3v) is 3.96. The van der Waals surface area contributed by atoms with Gasteiger partial charge in [-0.25, -0.2) is 0 Å². The molecule has 0 saturated heterocycles. The molecule has 3 nitrogen and oxygen atoms in total. The normalized spacial score (nSPS) is 10.8. The number of hydrogen-bond acceptors (Lipinski definition) is 1. The number of rotatable bonds is 2. The lowest BCUT2D eigenvalue weighted by Crippen LogP contribution is -2.11. The molecule has 21 heavy (non-hydrogen) atoms. The number of nitrogens with one attached hydrogen (secondary N) is 2. The van der Waals surface area contributed by atoms with Crippen LogP contribution in [0.15, 0.2) is 42.6 Å². The van der Waals surface area contributed by atoms with Crippen LogP contribution in [-0.2, 0) is 0 Å². The van der Waals surface area contributed by atoms with Crippen molar-refractivity contribution in [3.63, 3.8) is 0 Å². The molecule has 2 aromatic carbocycles. The Morgan fingerprint density at radius 3 is 2.71 bits per heavy atom. The number of aryl methyl sites for hydroxylation is 1. The summed E-state index contributed by atoms with van der Waals surface area (Å²) in [4.78, 5) is 15.4. The van der Waals surface area contributed by atoms with Crippen LogP contribution in [0, 0.1) is 6.92 Å². The predicted octanol–water partition coefficient (Wildman–Crippen LogP) is 5.04. The zero-order chi connectivity index (χ0) is 15.0. The number of benzene rings is 2. The van der Waals surface area contributed by atoms with Gasteiger partial charge in [0, 0.05) is 32.8 Å². The zero-order valence-electron chi connectivity index (χ0n) is 11.2. The van der Waals surface area contributed by atoms with Crippen molar-refractivity contribution in [2.75, 3.05) is 5.32 Å². The number of carbonyl (C=O) groups is 1. The molecule has 3 aromatic rings. The first-order valence-electron chi connectivity index (χ1n) is 6.39. The van der Waals surface area contributed by atoms with Crippen LogP contribution in [-0.4, -0.2) is 10.9 Å². The summed E-state index contributed by atoms with van der Waals surface area (Å²) in [6, 6.07) is 10.8. The van der Waals surface area contributed by atoms with Gasteiger partial charge in [-0.2, -0.15) is 0 Å². The fourth-order valence-corrected chi connectivity index (χ4v) is 2.51. The summed E-state index contributed by atoms with van der Waals surface area (Å²) in [5, 5.41) is 4.92. The van der Waals surface area contributed by atoms with Crippen LogP contribution in [0.4, 0.5) is 5.69 Å². The molecule has 0 atom stereocenters. The van der Waals surface area contributed by atoms with E-state index in [1.54, 1.807) is 24.4 Å². The van der Waals surface area contributed by atoms with Gasteiger partial charge in [0.05, 0.1) is 5.56 Å². The molecule has 1 aromatic heterocycles. The van der Waals surface area contributed by atoms with Gasteiger partial charge in [0.2, 0.25) is 0 Å². The molecule has 0 spiro atoms. The summed E-state index contributed by atoms with van der Waals surface area (Å²) in [7, 11) is 0. The molecule has 0 fully saturated rings. The fourth-order valence-electron chi connectivity index (χ4n) is 2.16. The Balaban J connectivity index is 1.91. The van der Waals surface area contributed by atoms with Crippen LogP contribution >= 0.6 is 23.2 Å². The summed E-state index contributed by atoms with van der Waals surface area (Å²) >= 11 is 12.0. The Morgan fingerprint density at radius 2 is 1.95 bits per heavy atom. The number of fused-ring (bicyclic) bond motifs is 1. The predicted molar refractivity (Wildman–Crippen MR) is 87.5 cm³/mol. The van der Waals surface area contributed by atoms with E-state index in [1.807, 2.05) is 25.1 Å². The third-order valence-electron chi connectivity index (χ3n) is 3.32. The molecule has 3 rings (SSSR count). The van der Waals surface area contributed by atoms with E-state index >= 15 is 0 Å². The van der Waals surface area contributed by atoms with Crippen LogP contribution in [0.3, 0.4) is 0 Å². The largest absolute Gasteiger partial charge is 0.360 e. The summed E-state index contributed by atoms with van der Waals surface area (Å²) in [6.45, 7) is 1.91. The molecule has 0 bridgehead atoms. The van der Waals surface area contributed by atoms with Gasteiger partial charge in [-0.1, -0.05) is 35.3 Å². The lowest BCUT2D eigenvalue weighted by Gasteiger charge is -2.06. The quantitative estimate of drug-likeness (QED) is 0.683. The fraction of sp³-hybridized carbons (Fsp3) is 0.0625. The van der Waals surface area contributed by atoms with Crippen molar-refractivity contribution >= 4 is 45.7 Å². The van der Waals surface area contributed by atoms with Gasteiger partial charge in [-0.3, -0.25) is 4.79 Å². The van der Waals surface area contributed by atoms with Gasteiger partial charge in [0.15, 0.2) is 0 Å². The minimum absolute atomic E-state index is 0.191. The third kappa shape index (κ3) is 2.75. The lowest BCUT2D eigenvalue weighted by molar-refractivity contribution is 0.102. The Kier molecular flexibility index (Phi) is 3.62. The van der Waals surface area contributed by atoms with Gasteiger partial charge in [0.25, 0.3) is 5.91 Å². The molecule has 5 heteroatoms. The van der Waals surface area contributed by atoms with E-state index in [1.165, 1.54) is 0 Å². The number of halogens is 2. The van der Waals surface area contributed by atoms with Gasteiger partial charge in [-0.05, 0) is 36.8 Å². The van der Waals surface area contributed by atoms with Crippen molar-refractivity contribution in [1.29, 1.82) is 0 Å². The Bertz CT molecular complexity index is 839. The van der Waals surface area contributed by atoms with Crippen molar-refractivity contribution < 1.29 is 4.79 Å². The number of aromatic nitrogens is 1. The number of carbonyl (C=O) groups excluding carboxylic acids is 1. The van der Waals surface area contributed by atoms with E-state index in [0.29, 0.717) is 21.3 Å². The SMILES string of the molecule is Cc1ccc(NC(=O)c2c[nH]c3cc(Cl)ccc23)cc1Cl. The minimum Gasteiger partial charge on any atom is -0.360 e. The van der Waals surface area contributed by atoms with E-state index < -0.39 is 0 Å². The lowest BCUT2D eigenvalue weighted by atomic mass is 10.1. The molecule has 0 aliphatic heterocycles. The average Bonchev–Trinajstić information content (AvgIpc) is 2.85. The molecule has 0 unspecified atom stereocenters. The van der Waals surface area contributed by atoms with Crippen LogP contribution in [0.5, 0.6) is 0 Å². The summed E-state index contributed by atoms with van der Waals surface area (Å²) in [5.74, 6) is -0.191. The molecule has 1 heterocycles. The average molecular weight is 319 g/mol. The highest BCUT2D eigenvalue weighted by atomic mass is 35.5. The number of amides is 1. The van der Waals surface area contributed by atoms with E-state index in [9.17, 15) is 4.79 Å². The number of aromatic amines is 1. The first-order chi connectivity index (χ1) is 10.0. The van der Waals surface area contributed by atoms with Gasteiger partial charge < -0.3 is 10.3 Å². The van der Waals surface area contributed by atoms with Crippen molar-refractivity contribution in [1.82, 2.24) is 4.98 Å². The molecule has 1 amide bonds. The zero-order valence-corrected chi connectivity index (χ0v) is 12.7. The second-order valence-corrected chi connectivity index (χ2v) is 5.65. The monoisotopic (exact) mass is 318 g/mol. The second kappa shape index (κ2) is 5.43. The van der Waals surface area contributed by atoms with Crippen molar-refractivity contribution in [3.8, 4) is 0 Å². The van der Waals surface area contributed by atoms with E-state index in [0.717, 1.165) is 16.5 Å². The standard InChI is InChI=1S/C16H12Cl2N2O/c1-9-2-4-11(7-14(9)18)20-16(21)13-8-19-15-6-10(17)3-5-12(13)15/h2-8,19H,1H3,(H,20,21). The molecule has 0 saturated carbocycles. The van der Waals surface area contributed by atoms with Gasteiger partial charge in [0.1, 0.15) is 0 Å². The topological polar surface area (TPSA) is 44.9 Å². The maximum absolute atomic E-state index is 12.4. The Morgan fingerprint density at radius 1 is 1.14 bits per heavy atom. The Labute approximate surface area is 131 Å². The highest BCUT2D eigenvalue weighted by molar-refractivity contribution is 6.32. The van der Waals surface area contributed by atoms with E-state index in [-0.39, 0.29) is 5.91 Å². The molecular weight excluding hydrogens is 307 g/mol. The number of anilines is 1. The Hall–Kier alpha value is -1.97. The first-order valence-corrected chi connectivity index (χ1v) is 7.14. The van der Waals surface area contributed by atoms with Crippen LogP contribution in [0.25, 0.3) is 10.9 Å². The molecule has 0 radical (unpaired) electrons. The van der Waals surface area contributed by atoms with Crippen molar-refractivity contribution in [2.45, 2.75) is 6.92 Å². The maximum atomic E-state index is 12.4. The summed E-state index contributed by atoms with van der Waals surface area (Å²) < 4.78 is 0. The molecule has 106 valence electrons. The highest BCUT2D eigenvalue weighted by Gasteiger charge is 2.12. The van der Waals surface area contributed by atoms with Gasteiger partial charge in [-0.15, -0.1) is 0 Å². The molecule has 0 aliphatic carbocycles. The van der Waals surface area contributed by atoms with Crippen LogP contribution < -0.4 is 5.32 Å². The highest BCUT2D eigenvalue weighted by Crippen LogP contribution is 2.24. The van der Waals surface area contributed by atoms with Crippen molar-refractivity contribution in [2.24, 2.45) is 0 Å². The molecule has 0 aliphatic rings. The molecule has 2 N–H and O–H groups in total. The number of H-pyrrole nitrogens is 1. The van der Waals surface area contributed by atoms with E-state index in [4.69, 9.17) is 23.2 Å². The minimum atomic E-state index is -0.191. The van der Waals surface area contributed by atoms with Gasteiger partial charge >= 0.3 is 0 Å². The van der Waals surface area contributed by atoms with Crippen LogP contribution in [0.1, 0.15) is 15.9 Å². The van der Waals surface area contributed by atoms with Crippen LogP contribution in [0.2, 0.25) is 10.0 Å². The van der Waals surface area contributed by atoms with Crippen molar-refractivity contribution in [3.05, 3.63) is 63.8 Å². The van der Waals surface area contributed by atoms with E-state index in [2.05, 4.69) is 10.3 Å². The summed E-state index contributed by atoms with van der Waals surface area (Å²) in [5.41, 5.74) is 3.03. The number of hydrogen-bond donors (Lipinski definition) is 2.